The summed E-state index contributed by atoms with van der Waals surface area (Å²) in [7, 11) is 0. The summed E-state index contributed by atoms with van der Waals surface area (Å²) in [5.41, 5.74) is -0.961. The Morgan fingerprint density at radius 1 is 1.35 bits per heavy atom. The Kier molecular flexibility index (Phi) is 5.19. The van der Waals surface area contributed by atoms with E-state index in [9.17, 15) is 22.8 Å². The topological polar surface area (TPSA) is 49.4 Å². The van der Waals surface area contributed by atoms with E-state index >= 15 is 0 Å². The Hall–Kier alpha value is -1.76. The first-order valence-corrected chi connectivity index (χ1v) is 7.49. The summed E-state index contributed by atoms with van der Waals surface area (Å²) >= 11 is 5.86. The van der Waals surface area contributed by atoms with Gasteiger partial charge in [0.15, 0.2) is 0 Å². The highest BCUT2D eigenvalue weighted by Gasteiger charge is 2.32. The number of carbonyl (C=O) groups is 2. The molecule has 0 saturated carbocycles. The normalized spacial score (nSPS) is 18.7. The van der Waals surface area contributed by atoms with Crippen molar-refractivity contribution in [3.8, 4) is 0 Å². The number of nitrogens with zero attached hydrogens (tertiary/aromatic N) is 1. The first-order chi connectivity index (χ1) is 10.7. The van der Waals surface area contributed by atoms with Crippen LogP contribution >= 0.6 is 11.6 Å². The number of rotatable bonds is 2. The molecule has 1 saturated heterocycles. The second kappa shape index (κ2) is 6.78. The molecule has 0 aromatic heterocycles. The zero-order chi connectivity index (χ0) is 17.2. The highest BCUT2D eigenvalue weighted by atomic mass is 35.5. The van der Waals surface area contributed by atoms with E-state index in [2.05, 4.69) is 5.32 Å². The summed E-state index contributed by atoms with van der Waals surface area (Å²) in [6.07, 6.45) is -3.26. The van der Waals surface area contributed by atoms with Crippen molar-refractivity contribution < 1.29 is 22.8 Å². The maximum atomic E-state index is 12.7. The maximum absolute atomic E-state index is 12.7. The Labute approximate surface area is 136 Å². The van der Waals surface area contributed by atoms with Crippen molar-refractivity contribution in [2.45, 2.75) is 25.9 Å². The van der Waals surface area contributed by atoms with Gasteiger partial charge in [0.05, 0.1) is 22.2 Å². The van der Waals surface area contributed by atoms with Gasteiger partial charge >= 0.3 is 6.18 Å². The van der Waals surface area contributed by atoms with Crippen LogP contribution in [0.1, 0.15) is 25.3 Å². The van der Waals surface area contributed by atoms with Crippen molar-refractivity contribution in [1.29, 1.82) is 0 Å². The predicted molar refractivity (Wildman–Crippen MR) is 80.1 cm³/mol. The lowest BCUT2D eigenvalue weighted by atomic mass is 9.97. The standard InChI is InChI=1S/C15H16ClF3N2O2/c1-9(22)21-6-2-3-10(8-21)14(23)20-13-7-11(15(17,18)19)4-5-12(13)16/h4-5,7,10H,2-3,6,8H2,1H3,(H,20,23). The molecule has 1 N–H and O–H groups in total. The van der Waals surface area contributed by atoms with Gasteiger partial charge in [0.25, 0.3) is 0 Å². The number of nitrogens with one attached hydrogen (secondary N) is 1. The van der Waals surface area contributed by atoms with E-state index in [1.54, 1.807) is 4.90 Å². The van der Waals surface area contributed by atoms with Gasteiger partial charge in [-0.1, -0.05) is 11.6 Å². The SMILES string of the molecule is CC(=O)N1CCCC(C(=O)Nc2cc(C(F)(F)F)ccc2Cl)C1. The van der Waals surface area contributed by atoms with Gasteiger partial charge in [-0.2, -0.15) is 13.2 Å². The molecule has 0 radical (unpaired) electrons. The molecule has 1 aromatic rings. The van der Waals surface area contributed by atoms with Gasteiger partial charge in [-0.15, -0.1) is 0 Å². The molecule has 1 aliphatic rings. The fourth-order valence-corrected chi connectivity index (χ4v) is 2.67. The zero-order valence-electron chi connectivity index (χ0n) is 12.4. The van der Waals surface area contributed by atoms with Crippen LogP contribution in [0.2, 0.25) is 5.02 Å². The van der Waals surface area contributed by atoms with E-state index in [1.165, 1.54) is 6.92 Å². The number of amides is 2. The van der Waals surface area contributed by atoms with E-state index in [4.69, 9.17) is 11.6 Å². The molecule has 0 bridgehead atoms. The molecule has 2 rings (SSSR count). The van der Waals surface area contributed by atoms with E-state index < -0.39 is 23.6 Å². The summed E-state index contributed by atoms with van der Waals surface area (Å²) in [6, 6.07) is 2.77. The first kappa shape index (κ1) is 17.6. The number of likely N-dealkylation sites (tertiary alicyclic amines) is 1. The fraction of sp³-hybridized carbons (Fsp3) is 0.467. The average Bonchev–Trinajstić information content (AvgIpc) is 2.48. The zero-order valence-corrected chi connectivity index (χ0v) is 13.2. The van der Waals surface area contributed by atoms with E-state index in [1.807, 2.05) is 0 Å². The molecule has 126 valence electrons. The van der Waals surface area contributed by atoms with Gasteiger partial charge < -0.3 is 10.2 Å². The van der Waals surface area contributed by atoms with E-state index in [0.717, 1.165) is 18.2 Å². The van der Waals surface area contributed by atoms with Crippen LogP contribution < -0.4 is 5.32 Å². The molecule has 1 unspecified atom stereocenters. The minimum absolute atomic E-state index is 0.0329. The average molecular weight is 349 g/mol. The summed E-state index contributed by atoms with van der Waals surface area (Å²) < 4.78 is 38.2. The maximum Gasteiger partial charge on any atom is 0.416 e. The summed E-state index contributed by atoms with van der Waals surface area (Å²) in [4.78, 5) is 25.2. The van der Waals surface area contributed by atoms with E-state index in [0.29, 0.717) is 19.4 Å². The third-order valence-corrected chi connectivity index (χ3v) is 4.12. The second-order valence-electron chi connectivity index (χ2n) is 5.49. The van der Waals surface area contributed by atoms with Crippen LogP contribution in [0.15, 0.2) is 18.2 Å². The van der Waals surface area contributed by atoms with Gasteiger partial charge in [-0.25, -0.2) is 0 Å². The Morgan fingerprint density at radius 2 is 2.04 bits per heavy atom. The quantitative estimate of drug-likeness (QED) is 0.888. The molecule has 8 heteroatoms. The summed E-state index contributed by atoms with van der Waals surface area (Å²) in [5, 5.41) is 2.48. The lowest BCUT2D eigenvalue weighted by Gasteiger charge is -2.31. The van der Waals surface area contributed by atoms with Crippen LogP contribution in [0, 0.1) is 5.92 Å². The van der Waals surface area contributed by atoms with Crippen molar-refractivity contribution in [3.63, 3.8) is 0 Å². The van der Waals surface area contributed by atoms with Gasteiger partial charge in [0, 0.05) is 20.0 Å². The number of hydrogen-bond acceptors (Lipinski definition) is 2. The van der Waals surface area contributed by atoms with Crippen LogP contribution in [0.25, 0.3) is 0 Å². The second-order valence-corrected chi connectivity index (χ2v) is 5.89. The molecule has 1 atom stereocenters. The number of benzene rings is 1. The van der Waals surface area contributed by atoms with Crippen molar-refractivity contribution in [2.24, 2.45) is 5.92 Å². The largest absolute Gasteiger partial charge is 0.416 e. The van der Waals surface area contributed by atoms with Crippen molar-refractivity contribution in [2.75, 3.05) is 18.4 Å². The third-order valence-electron chi connectivity index (χ3n) is 3.79. The molecule has 23 heavy (non-hydrogen) atoms. The van der Waals surface area contributed by atoms with Crippen LogP contribution in [0.3, 0.4) is 0 Å². The van der Waals surface area contributed by atoms with Crippen molar-refractivity contribution >= 4 is 29.1 Å². The molecular formula is C15H16ClF3N2O2. The van der Waals surface area contributed by atoms with Crippen LogP contribution in [-0.2, 0) is 15.8 Å². The molecule has 1 fully saturated rings. The first-order valence-electron chi connectivity index (χ1n) is 7.11. The van der Waals surface area contributed by atoms with Gasteiger partial charge in [0.2, 0.25) is 11.8 Å². The molecular weight excluding hydrogens is 333 g/mol. The Balaban J connectivity index is 2.12. The molecule has 4 nitrogen and oxygen atoms in total. The number of anilines is 1. The number of carbonyl (C=O) groups excluding carboxylic acids is 2. The molecule has 2 amide bonds. The number of halogens is 4. The molecule has 1 aromatic carbocycles. The summed E-state index contributed by atoms with van der Waals surface area (Å²) in [5.74, 6) is -1.02. The lowest BCUT2D eigenvalue weighted by molar-refractivity contribution is -0.137. The monoisotopic (exact) mass is 348 g/mol. The van der Waals surface area contributed by atoms with Gasteiger partial charge in [0.1, 0.15) is 0 Å². The summed E-state index contributed by atoms with van der Waals surface area (Å²) in [6.45, 7) is 2.27. The minimum Gasteiger partial charge on any atom is -0.342 e. The Bertz CT molecular complexity index is 619. The molecule has 1 aliphatic heterocycles. The highest BCUT2D eigenvalue weighted by molar-refractivity contribution is 6.33. The third kappa shape index (κ3) is 4.37. The van der Waals surface area contributed by atoms with Crippen LogP contribution in [0.5, 0.6) is 0 Å². The van der Waals surface area contributed by atoms with Crippen LogP contribution in [0.4, 0.5) is 18.9 Å². The molecule has 0 aliphatic carbocycles. The van der Waals surface area contributed by atoms with Gasteiger partial charge in [-0.3, -0.25) is 9.59 Å². The fourth-order valence-electron chi connectivity index (χ4n) is 2.51. The number of alkyl halides is 3. The van der Waals surface area contributed by atoms with Crippen molar-refractivity contribution in [3.05, 3.63) is 28.8 Å². The number of hydrogen-bond donors (Lipinski definition) is 1. The van der Waals surface area contributed by atoms with Crippen molar-refractivity contribution in [1.82, 2.24) is 4.90 Å². The highest BCUT2D eigenvalue weighted by Crippen LogP contribution is 2.34. The molecule has 1 heterocycles. The lowest BCUT2D eigenvalue weighted by Crippen LogP contribution is -2.42. The number of piperidine rings is 1. The molecule has 0 spiro atoms. The minimum atomic E-state index is -4.51. The van der Waals surface area contributed by atoms with Gasteiger partial charge in [-0.05, 0) is 31.0 Å². The Morgan fingerprint density at radius 3 is 2.65 bits per heavy atom. The smallest absolute Gasteiger partial charge is 0.342 e. The van der Waals surface area contributed by atoms with Crippen LogP contribution in [-0.4, -0.2) is 29.8 Å². The van der Waals surface area contributed by atoms with E-state index in [-0.39, 0.29) is 23.2 Å². The predicted octanol–water partition coefficient (Wildman–Crippen LogP) is 3.56.